The van der Waals surface area contributed by atoms with Crippen molar-refractivity contribution in [3.05, 3.63) is 24.0 Å². The Balaban J connectivity index is 2.52. The monoisotopic (exact) mass is 192 g/mol. The van der Waals surface area contributed by atoms with Gasteiger partial charge in [-0.15, -0.1) is 0 Å². The van der Waals surface area contributed by atoms with E-state index in [-0.39, 0.29) is 6.54 Å². The first-order chi connectivity index (χ1) is 6.72. The lowest BCUT2D eigenvalue weighted by Gasteiger charge is -2.06. The van der Waals surface area contributed by atoms with Crippen molar-refractivity contribution in [2.24, 2.45) is 12.8 Å². The van der Waals surface area contributed by atoms with Crippen LogP contribution in [0.3, 0.4) is 0 Å². The van der Waals surface area contributed by atoms with Gasteiger partial charge >= 0.3 is 0 Å². The highest BCUT2D eigenvalue weighted by Gasteiger charge is 2.08. The van der Waals surface area contributed by atoms with Gasteiger partial charge in [0.15, 0.2) is 5.65 Å². The highest BCUT2D eigenvalue weighted by atomic mass is 16.3. The number of aliphatic hydroxyl groups excluding tert-OH is 1. The van der Waals surface area contributed by atoms with Gasteiger partial charge in [0, 0.05) is 30.7 Å². The summed E-state index contributed by atoms with van der Waals surface area (Å²) >= 11 is 0. The molecule has 0 saturated carbocycles. The quantitative estimate of drug-likeness (QED) is 0.700. The molecule has 1 unspecified atom stereocenters. The zero-order valence-electron chi connectivity index (χ0n) is 7.88. The molecule has 0 amide bonds. The molecule has 0 aliphatic carbocycles. The molecule has 2 rings (SSSR count). The fourth-order valence-corrected chi connectivity index (χ4v) is 1.38. The summed E-state index contributed by atoms with van der Waals surface area (Å²) < 4.78 is 1.69. The predicted molar refractivity (Wildman–Crippen MR) is 52.5 cm³/mol. The minimum atomic E-state index is -0.646. The van der Waals surface area contributed by atoms with E-state index in [0.717, 1.165) is 16.6 Å². The molecule has 0 spiro atoms. The van der Waals surface area contributed by atoms with E-state index in [0.29, 0.717) is 0 Å². The van der Waals surface area contributed by atoms with Gasteiger partial charge in [-0.2, -0.15) is 5.10 Å². The molecule has 0 bridgehead atoms. The van der Waals surface area contributed by atoms with Gasteiger partial charge in [0.25, 0.3) is 0 Å². The number of aryl methyl sites for hydroxylation is 1. The Kier molecular flexibility index (Phi) is 2.18. The minimum absolute atomic E-state index is 0.202. The molecule has 0 aromatic carbocycles. The SMILES string of the molecule is Cn1ncc2cc(C(O)CN)cnc21. The van der Waals surface area contributed by atoms with Gasteiger partial charge in [-0.05, 0) is 6.07 Å². The second-order valence-electron chi connectivity index (χ2n) is 3.20. The molecule has 0 fully saturated rings. The lowest BCUT2D eigenvalue weighted by atomic mass is 10.1. The molecular formula is C9H12N4O. The van der Waals surface area contributed by atoms with E-state index in [1.54, 1.807) is 17.1 Å². The molecule has 5 heteroatoms. The summed E-state index contributed by atoms with van der Waals surface area (Å²) in [5, 5.41) is 14.5. The fourth-order valence-electron chi connectivity index (χ4n) is 1.38. The largest absolute Gasteiger partial charge is 0.387 e. The molecule has 2 aromatic rings. The Morgan fingerprint density at radius 1 is 1.57 bits per heavy atom. The third-order valence-corrected chi connectivity index (χ3v) is 2.20. The Morgan fingerprint density at radius 3 is 3.07 bits per heavy atom. The van der Waals surface area contributed by atoms with E-state index in [4.69, 9.17) is 5.73 Å². The fraction of sp³-hybridized carbons (Fsp3) is 0.333. The summed E-state index contributed by atoms with van der Waals surface area (Å²) in [7, 11) is 1.83. The van der Waals surface area contributed by atoms with Crippen molar-refractivity contribution in [1.29, 1.82) is 0 Å². The predicted octanol–water partition coefficient (Wildman–Crippen LogP) is -0.0396. The van der Waals surface area contributed by atoms with Crippen molar-refractivity contribution in [3.63, 3.8) is 0 Å². The molecule has 0 radical (unpaired) electrons. The zero-order valence-corrected chi connectivity index (χ0v) is 7.88. The second-order valence-corrected chi connectivity index (χ2v) is 3.20. The average Bonchev–Trinajstić information content (AvgIpc) is 2.59. The standard InChI is InChI=1S/C9H12N4O/c1-13-9-7(5-12-13)2-6(4-11-9)8(14)3-10/h2,4-5,8,14H,3,10H2,1H3. The molecule has 74 valence electrons. The summed E-state index contributed by atoms with van der Waals surface area (Å²) in [5.74, 6) is 0. The number of hydrogen-bond acceptors (Lipinski definition) is 4. The molecule has 0 aliphatic heterocycles. The molecule has 2 heterocycles. The molecule has 2 aromatic heterocycles. The van der Waals surface area contributed by atoms with Crippen molar-refractivity contribution in [2.75, 3.05) is 6.54 Å². The maximum absolute atomic E-state index is 9.50. The number of aromatic nitrogens is 3. The van der Waals surface area contributed by atoms with Crippen LogP contribution in [0.4, 0.5) is 0 Å². The number of nitrogens with zero attached hydrogens (tertiary/aromatic N) is 3. The summed E-state index contributed by atoms with van der Waals surface area (Å²) in [6.45, 7) is 0.202. The number of fused-ring (bicyclic) bond motifs is 1. The van der Waals surface area contributed by atoms with E-state index in [2.05, 4.69) is 10.1 Å². The van der Waals surface area contributed by atoms with Gasteiger partial charge < -0.3 is 10.8 Å². The topological polar surface area (TPSA) is 77.0 Å². The molecule has 1 atom stereocenters. The Bertz CT molecular complexity index is 451. The van der Waals surface area contributed by atoms with Crippen LogP contribution in [0.15, 0.2) is 18.5 Å². The molecule has 5 nitrogen and oxygen atoms in total. The average molecular weight is 192 g/mol. The van der Waals surface area contributed by atoms with Crippen molar-refractivity contribution < 1.29 is 5.11 Å². The normalized spacial score (nSPS) is 13.4. The van der Waals surface area contributed by atoms with Gasteiger partial charge in [-0.25, -0.2) is 4.98 Å². The molecule has 3 N–H and O–H groups in total. The zero-order chi connectivity index (χ0) is 10.1. The Hall–Kier alpha value is -1.46. The third kappa shape index (κ3) is 1.36. The first-order valence-corrected chi connectivity index (χ1v) is 4.38. The summed E-state index contributed by atoms with van der Waals surface area (Å²) in [6.07, 6.45) is 2.70. The number of aliphatic hydroxyl groups is 1. The smallest absolute Gasteiger partial charge is 0.157 e. The Labute approximate surface area is 81.2 Å². The maximum atomic E-state index is 9.50. The van der Waals surface area contributed by atoms with E-state index in [9.17, 15) is 5.11 Å². The van der Waals surface area contributed by atoms with Gasteiger partial charge in [0.05, 0.1) is 12.3 Å². The van der Waals surface area contributed by atoms with Gasteiger partial charge in [-0.3, -0.25) is 4.68 Å². The van der Waals surface area contributed by atoms with E-state index in [1.165, 1.54) is 0 Å². The third-order valence-electron chi connectivity index (χ3n) is 2.20. The van der Waals surface area contributed by atoms with Gasteiger partial charge in [0.1, 0.15) is 0 Å². The van der Waals surface area contributed by atoms with Crippen LogP contribution in [0, 0.1) is 0 Å². The van der Waals surface area contributed by atoms with Crippen molar-refractivity contribution in [1.82, 2.24) is 14.8 Å². The summed E-state index contributed by atoms with van der Waals surface area (Å²) in [5.41, 5.74) is 6.89. The molecule has 0 aliphatic rings. The van der Waals surface area contributed by atoms with Crippen molar-refractivity contribution in [2.45, 2.75) is 6.10 Å². The first-order valence-electron chi connectivity index (χ1n) is 4.38. The molecule has 0 saturated heterocycles. The van der Waals surface area contributed by atoms with Gasteiger partial charge in [-0.1, -0.05) is 0 Å². The summed E-state index contributed by atoms with van der Waals surface area (Å²) in [4.78, 5) is 4.19. The summed E-state index contributed by atoms with van der Waals surface area (Å²) in [6, 6.07) is 1.85. The van der Waals surface area contributed by atoms with Crippen LogP contribution in [0.25, 0.3) is 11.0 Å². The highest BCUT2D eigenvalue weighted by Crippen LogP contribution is 2.16. The number of pyridine rings is 1. The van der Waals surface area contributed by atoms with Crippen LogP contribution in [0.1, 0.15) is 11.7 Å². The lowest BCUT2D eigenvalue weighted by Crippen LogP contribution is -2.11. The molecular weight excluding hydrogens is 180 g/mol. The van der Waals surface area contributed by atoms with Gasteiger partial charge in [0.2, 0.25) is 0 Å². The number of hydrogen-bond donors (Lipinski definition) is 2. The lowest BCUT2D eigenvalue weighted by molar-refractivity contribution is 0.186. The van der Waals surface area contributed by atoms with Crippen LogP contribution >= 0.6 is 0 Å². The van der Waals surface area contributed by atoms with E-state index in [1.807, 2.05) is 13.1 Å². The van der Waals surface area contributed by atoms with Crippen LogP contribution in [0.5, 0.6) is 0 Å². The van der Waals surface area contributed by atoms with Crippen LogP contribution < -0.4 is 5.73 Å². The van der Waals surface area contributed by atoms with Crippen molar-refractivity contribution in [3.8, 4) is 0 Å². The number of rotatable bonds is 2. The van der Waals surface area contributed by atoms with Crippen LogP contribution in [0.2, 0.25) is 0 Å². The van der Waals surface area contributed by atoms with E-state index >= 15 is 0 Å². The minimum Gasteiger partial charge on any atom is -0.387 e. The van der Waals surface area contributed by atoms with Crippen molar-refractivity contribution >= 4 is 11.0 Å². The Morgan fingerprint density at radius 2 is 2.36 bits per heavy atom. The number of nitrogens with two attached hydrogens (primary N) is 1. The maximum Gasteiger partial charge on any atom is 0.157 e. The van der Waals surface area contributed by atoms with Crippen LogP contribution in [-0.2, 0) is 7.05 Å². The highest BCUT2D eigenvalue weighted by molar-refractivity contribution is 5.74. The second kappa shape index (κ2) is 3.36. The molecule has 14 heavy (non-hydrogen) atoms. The first kappa shape index (κ1) is 9.11. The van der Waals surface area contributed by atoms with E-state index < -0.39 is 6.10 Å². The van der Waals surface area contributed by atoms with Crippen LogP contribution in [-0.4, -0.2) is 26.4 Å².